The van der Waals surface area contributed by atoms with Gasteiger partial charge in [0, 0.05) is 20.1 Å². The Bertz CT molecular complexity index is 950. The number of carbonyl (C=O) groups excluding carboxylic acids is 2. The summed E-state index contributed by atoms with van der Waals surface area (Å²) in [6, 6.07) is 15.9. The maximum atomic E-state index is 12.3. The summed E-state index contributed by atoms with van der Waals surface area (Å²) >= 11 is 0. The first kappa shape index (κ1) is 24.2. The molecule has 3 rings (SSSR count). The van der Waals surface area contributed by atoms with Crippen molar-refractivity contribution in [1.82, 2.24) is 10.8 Å². The van der Waals surface area contributed by atoms with Crippen LogP contribution in [0, 0.1) is 0 Å². The molecule has 2 unspecified atom stereocenters. The molecule has 0 saturated heterocycles. The van der Waals surface area contributed by atoms with Crippen LogP contribution in [0.4, 0.5) is 4.79 Å². The van der Waals surface area contributed by atoms with E-state index in [9.17, 15) is 14.4 Å². The monoisotopic (exact) mass is 458 g/mol. The van der Waals surface area contributed by atoms with E-state index in [2.05, 4.69) is 5.32 Å². The number of carboxylic acid groups (broad SMARTS) is 1. The highest BCUT2D eigenvalue weighted by Crippen LogP contribution is 2.44. The molecule has 3 N–H and O–H groups in total. The molecule has 0 spiro atoms. The average molecular weight is 458 g/mol. The Labute approximate surface area is 190 Å². The van der Waals surface area contributed by atoms with Crippen molar-refractivity contribution < 1.29 is 38.5 Å². The molecule has 0 aliphatic heterocycles. The van der Waals surface area contributed by atoms with E-state index >= 15 is 0 Å². The Balaban J connectivity index is 1.51. The van der Waals surface area contributed by atoms with Gasteiger partial charge in [0.1, 0.15) is 6.61 Å². The lowest BCUT2D eigenvalue weighted by Gasteiger charge is -2.18. The van der Waals surface area contributed by atoms with Crippen LogP contribution in [0.5, 0.6) is 0 Å². The summed E-state index contributed by atoms with van der Waals surface area (Å²) in [5.41, 5.74) is 6.41. The van der Waals surface area contributed by atoms with Gasteiger partial charge in [-0.25, -0.2) is 15.1 Å². The molecule has 2 aromatic rings. The lowest BCUT2D eigenvalue weighted by Crippen LogP contribution is -2.46. The van der Waals surface area contributed by atoms with E-state index in [-0.39, 0.29) is 25.7 Å². The zero-order valence-electron chi connectivity index (χ0n) is 18.3. The maximum absolute atomic E-state index is 12.3. The molecule has 10 heteroatoms. The molecule has 0 heterocycles. The number of carboxylic acids is 1. The fraction of sp³-hybridized carbons (Fsp3) is 0.348. The highest BCUT2D eigenvalue weighted by atomic mass is 16.7. The number of alkyl carbamates (subject to hydrolysis) is 1. The highest BCUT2D eigenvalue weighted by molar-refractivity contribution is 5.81. The Morgan fingerprint density at radius 2 is 1.58 bits per heavy atom. The standard InChI is InChI=1S/C23H26N2O8/c1-30-13-20(22(27)28)33-25-21(26)19(31-2)11-24-23(29)32-12-18-16-9-5-3-7-14(16)15-8-4-6-10-17(15)18/h3-10,18-20H,11-13H2,1-2H3,(H,24,29)(H,25,26)(H,27,28). The Morgan fingerprint density at radius 1 is 0.970 bits per heavy atom. The third-order valence-corrected chi connectivity index (χ3v) is 5.25. The quantitative estimate of drug-likeness (QED) is 0.434. The molecular weight excluding hydrogens is 432 g/mol. The van der Waals surface area contributed by atoms with Gasteiger partial charge >= 0.3 is 12.1 Å². The van der Waals surface area contributed by atoms with Crippen molar-refractivity contribution in [3.63, 3.8) is 0 Å². The molecule has 10 nitrogen and oxygen atoms in total. The molecule has 0 radical (unpaired) electrons. The van der Waals surface area contributed by atoms with Gasteiger partial charge in [0.15, 0.2) is 6.10 Å². The van der Waals surface area contributed by atoms with E-state index in [1.165, 1.54) is 14.2 Å². The van der Waals surface area contributed by atoms with E-state index in [1.54, 1.807) is 0 Å². The largest absolute Gasteiger partial charge is 0.479 e. The summed E-state index contributed by atoms with van der Waals surface area (Å²) in [7, 11) is 2.57. The zero-order valence-corrected chi connectivity index (χ0v) is 18.3. The topological polar surface area (TPSA) is 132 Å². The highest BCUT2D eigenvalue weighted by Gasteiger charge is 2.29. The second-order valence-electron chi connectivity index (χ2n) is 7.30. The molecule has 176 valence electrons. The van der Waals surface area contributed by atoms with Crippen LogP contribution in [0.1, 0.15) is 17.0 Å². The molecule has 2 atom stereocenters. The summed E-state index contributed by atoms with van der Waals surface area (Å²) < 4.78 is 15.2. The van der Waals surface area contributed by atoms with Crippen LogP contribution in [-0.2, 0) is 28.6 Å². The SMILES string of the molecule is COCC(ONC(=O)C(CNC(=O)OCC1c2ccccc2-c2ccccc21)OC)C(=O)O. The molecule has 1 aliphatic carbocycles. The molecule has 2 aromatic carbocycles. The molecule has 0 bridgehead atoms. The minimum atomic E-state index is -1.38. The minimum absolute atomic E-state index is 0.0909. The van der Waals surface area contributed by atoms with Crippen molar-refractivity contribution in [2.24, 2.45) is 0 Å². The first-order chi connectivity index (χ1) is 16.0. The average Bonchev–Trinajstić information content (AvgIpc) is 3.14. The second kappa shape index (κ2) is 11.4. The van der Waals surface area contributed by atoms with Crippen LogP contribution in [0.3, 0.4) is 0 Å². The van der Waals surface area contributed by atoms with Crippen LogP contribution in [0.15, 0.2) is 48.5 Å². The van der Waals surface area contributed by atoms with Gasteiger partial charge in [0.05, 0.1) is 13.2 Å². The lowest BCUT2D eigenvalue weighted by molar-refractivity contribution is -0.168. The number of ether oxygens (including phenoxy) is 3. The maximum Gasteiger partial charge on any atom is 0.407 e. The number of rotatable bonds is 11. The summed E-state index contributed by atoms with van der Waals surface area (Å²) in [5, 5.41) is 11.5. The van der Waals surface area contributed by atoms with Crippen LogP contribution in [0.2, 0.25) is 0 Å². The second-order valence-corrected chi connectivity index (χ2v) is 7.30. The molecule has 0 aromatic heterocycles. The number of hydroxylamine groups is 1. The number of aliphatic carboxylic acids is 1. The molecule has 0 fully saturated rings. The van der Waals surface area contributed by atoms with E-state index < -0.39 is 30.2 Å². The van der Waals surface area contributed by atoms with E-state index in [0.29, 0.717) is 0 Å². The van der Waals surface area contributed by atoms with Gasteiger partial charge in [-0.1, -0.05) is 48.5 Å². The van der Waals surface area contributed by atoms with Crippen LogP contribution >= 0.6 is 0 Å². The summed E-state index contributed by atoms with van der Waals surface area (Å²) in [4.78, 5) is 40.3. The fourth-order valence-corrected chi connectivity index (χ4v) is 3.61. The van der Waals surface area contributed by atoms with Gasteiger partial charge in [-0.05, 0) is 22.3 Å². The number of benzene rings is 2. The predicted octanol–water partition coefficient (Wildman–Crippen LogP) is 1.69. The Kier molecular flexibility index (Phi) is 8.36. The van der Waals surface area contributed by atoms with Gasteiger partial charge < -0.3 is 24.6 Å². The number of methoxy groups -OCH3 is 2. The van der Waals surface area contributed by atoms with Gasteiger partial charge in [0.25, 0.3) is 5.91 Å². The van der Waals surface area contributed by atoms with Gasteiger partial charge in [-0.15, -0.1) is 0 Å². The number of hydrogen-bond donors (Lipinski definition) is 3. The normalized spacial score (nSPS) is 14.0. The fourth-order valence-electron chi connectivity index (χ4n) is 3.61. The molecule has 1 aliphatic rings. The van der Waals surface area contributed by atoms with E-state index in [4.69, 9.17) is 24.2 Å². The van der Waals surface area contributed by atoms with Crippen molar-refractivity contribution in [2.75, 3.05) is 34.0 Å². The van der Waals surface area contributed by atoms with Crippen molar-refractivity contribution in [1.29, 1.82) is 0 Å². The minimum Gasteiger partial charge on any atom is -0.479 e. The molecular formula is C23H26N2O8. The predicted molar refractivity (Wildman–Crippen MR) is 116 cm³/mol. The van der Waals surface area contributed by atoms with E-state index in [0.717, 1.165) is 22.3 Å². The van der Waals surface area contributed by atoms with Crippen molar-refractivity contribution in [2.45, 2.75) is 18.1 Å². The number of nitrogens with one attached hydrogen (secondary N) is 2. The third kappa shape index (κ3) is 5.86. The summed E-state index contributed by atoms with van der Waals surface area (Å²) in [6.45, 7) is -0.334. The first-order valence-electron chi connectivity index (χ1n) is 10.2. The van der Waals surface area contributed by atoms with Crippen molar-refractivity contribution >= 4 is 18.0 Å². The Morgan fingerprint density at radius 3 is 2.12 bits per heavy atom. The number of fused-ring (bicyclic) bond motifs is 3. The van der Waals surface area contributed by atoms with Crippen LogP contribution in [0.25, 0.3) is 11.1 Å². The molecule has 0 saturated carbocycles. The first-order valence-corrected chi connectivity index (χ1v) is 10.2. The number of amides is 2. The van der Waals surface area contributed by atoms with Crippen molar-refractivity contribution in [3.05, 3.63) is 59.7 Å². The van der Waals surface area contributed by atoms with Crippen molar-refractivity contribution in [3.8, 4) is 11.1 Å². The smallest absolute Gasteiger partial charge is 0.407 e. The summed E-state index contributed by atoms with van der Waals surface area (Å²) in [6.07, 6.45) is -3.22. The number of hydrogen-bond acceptors (Lipinski definition) is 7. The lowest BCUT2D eigenvalue weighted by atomic mass is 9.98. The van der Waals surface area contributed by atoms with Gasteiger partial charge in [-0.3, -0.25) is 9.63 Å². The molecule has 2 amide bonds. The van der Waals surface area contributed by atoms with Gasteiger partial charge in [-0.2, -0.15) is 0 Å². The third-order valence-electron chi connectivity index (χ3n) is 5.25. The van der Waals surface area contributed by atoms with E-state index in [1.807, 2.05) is 54.0 Å². The van der Waals surface area contributed by atoms with Crippen LogP contribution < -0.4 is 10.8 Å². The van der Waals surface area contributed by atoms with Crippen LogP contribution in [-0.4, -0.2) is 69.3 Å². The zero-order chi connectivity index (χ0) is 23.8. The van der Waals surface area contributed by atoms with Gasteiger partial charge in [0.2, 0.25) is 6.10 Å². The Hall–Kier alpha value is -3.47. The number of carbonyl (C=O) groups is 3. The summed E-state index contributed by atoms with van der Waals surface area (Å²) in [5.74, 6) is -2.16. The molecule has 33 heavy (non-hydrogen) atoms.